The third-order valence-electron chi connectivity index (χ3n) is 3.30. The molecule has 0 aliphatic rings. The summed E-state index contributed by atoms with van der Waals surface area (Å²) in [5.41, 5.74) is 0.979. The van der Waals surface area contributed by atoms with Crippen molar-refractivity contribution in [1.29, 1.82) is 0 Å². The lowest BCUT2D eigenvalue weighted by molar-refractivity contribution is 0.251. The number of halogens is 2. The number of pyridine rings is 1. The highest BCUT2D eigenvalue weighted by molar-refractivity contribution is 6.01. The van der Waals surface area contributed by atoms with Crippen LogP contribution in [-0.4, -0.2) is 11.0 Å². The van der Waals surface area contributed by atoms with Crippen molar-refractivity contribution in [1.82, 2.24) is 10.3 Å². The number of amides is 2. The summed E-state index contributed by atoms with van der Waals surface area (Å²) in [6.45, 7) is 0.0207. The molecule has 1 heterocycles. The van der Waals surface area contributed by atoms with Crippen LogP contribution >= 0.6 is 0 Å². The first-order valence-corrected chi connectivity index (χ1v) is 6.94. The van der Waals surface area contributed by atoms with Crippen molar-refractivity contribution in [3.05, 3.63) is 72.1 Å². The van der Waals surface area contributed by atoms with E-state index in [1.165, 1.54) is 12.1 Å². The van der Waals surface area contributed by atoms with Crippen LogP contribution in [0.5, 0.6) is 0 Å². The third kappa shape index (κ3) is 3.60. The van der Waals surface area contributed by atoms with Crippen LogP contribution in [0, 0.1) is 11.6 Å². The SMILES string of the molecule is O=C(NCc1cc(F)cc(F)c1)Nc1cccc2cnccc12. The van der Waals surface area contributed by atoms with E-state index in [1.54, 1.807) is 24.5 Å². The fourth-order valence-electron chi connectivity index (χ4n) is 2.29. The molecule has 0 fully saturated rings. The van der Waals surface area contributed by atoms with Crippen LogP contribution in [-0.2, 0) is 6.54 Å². The first kappa shape index (κ1) is 14.9. The van der Waals surface area contributed by atoms with Crippen molar-refractivity contribution < 1.29 is 13.6 Å². The number of hydrogen-bond acceptors (Lipinski definition) is 2. The molecule has 2 amide bonds. The molecule has 0 saturated heterocycles. The van der Waals surface area contributed by atoms with Crippen LogP contribution in [0.4, 0.5) is 19.3 Å². The Morgan fingerprint density at radius 2 is 1.87 bits per heavy atom. The Morgan fingerprint density at radius 3 is 2.65 bits per heavy atom. The van der Waals surface area contributed by atoms with E-state index in [0.29, 0.717) is 11.3 Å². The Bertz CT molecular complexity index is 842. The number of aromatic nitrogens is 1. The molecule has 2 N–H and O–H groups in total. The maximum atomic E-state index is 13.1. The summed E-state index contributed by atoms with van der Waals surface area (Å²) in [7, 11) is 0. The minimum absolute atomic E-state index is 0.0207. The van der Waals surface area contributed by atoms with Crippen molar-refractivity contribution in [2.24, 2.45) is 0 Å². The van der Waals surface area contributed by atoms with Crippen molar-refractivity contribution >= 4 is 22.5 Å². The molecule has 0 aliphatic heterocycles. The normalized spacial score (nSPS) is 10.5. The van der Waals surface area contributed by atoms with E-state index in [-0.39, 0.29) is 6.54 Å². The third-order valence-corrected chi connectivity index (χ3v) is 3.30. The zero-order chi connectivity index (χ0) is 16.2. The van der Waals surface area contributed by atoms with Gasteiger partial charge in [0.15, 0.2) is 0 Å². The number of nitrogens with one attached hydrogen (secondary N) is 2. The minimum Gasteiger partial charge on any atom is -0.334 e. The van der Waals surface area contributed by atoms with Gasteiger partial charge in [0.1, 0.15) is 11.6 Å². The van der Waals surface area contributed by atoms with E-state index < -0.39 is 17.7 Å². The number of benzene rings is 2. The second-order valence-electron chi connectivity index (χ2n) is 4.99. The van der Waals surface area contributed by atoms with Gasteiger partial charge in [-0.3, -0.25) is 4.98 Å². The van der Waals surface area contributed by atoms with Crippen molar-refractivity contribution in [3.8, 4) is 0 Å². The molecule has 3 aromatic rings. The molecule has 4 nitrogen and oxygen atoms in total. The molecule has 0 atom stereocenters. The number of anilines is 1. The quantitative estimate of drug-likeness (QED) is 0.772. The van der Waals surface area contributed by atoms with Gasteiger partial charge in [0, 0.05) is 35.8 Å². The molecule has 0 aliphatic carbocycles. The number of carbonyl (C=O) groups excluding carboxylic acids is 1. The van der Waals surface area contributed by atoms with E-state index in [2.05, 4.69) is 15.6 Å². The Hall–Kier alpha value is -3.02. The second kappa shape index (κ2) is 6.39. The molecule has 0 bridgehead atoms. The number of carbonyl (C=O) groups is 1. The molecular formula is C17H13F2N3O. The lowest BCUT2D eigenvalue weighted by Crippen LogP contribution is -2.28. The molecule has 0 unspecified atom stereocenters. The molecule has 23 heavy (non-hydrogen) atoms. The fraction of sp³-hybridized carbons (Fsp3) is 0.0588. The Balaban J connectivity index is 1.69. The van der Waals surface area contributed by atoms with Crippen LogP contribution < -0.4 is 10.6 Å². The van der Waals surface area contributed by atoms with Crippen LogP contribution in [0.3, 0.4) is 0 Å². The number of rotatable bonds is 3. The van der Waals surface area contributed by atoms with E-state index in [4.69, 9.17) is 0 Å². The zero-order valence-corrected chi connectivity index (χ0v) is 12.0. The molecular weight excluding hydrogens is 300 g/mol. The predicted octanol–water partition coefficient (Wildman–Crippen LogP) is 3.83. The highest BCUT2D eigenvalue weighted by Crippen LogP contribution is 2.21. The molecule has 1 aromatic heterocycles. The van der Waals surface area contributed by atoms with Gasteiger partial charge in [0.2, 0.25) is 0 Å². The van der Waals surface area contributed by atoms with E-state index in [0.717, 1.165) is 16.8 Å². The summed E-state index contributed by atoms with van der Waals surface area (Å²) in [4.78, 5) is 16.0. The standard InChI is InChI=1S/C17H13F2N3O/c18-13-6-11(7-14(19)8-13)9-21-17(23)22-16-3-1-2-12-10-20-5-4-15(12)16/h1-8,10H,9H2,(H2,21,22,23). The summed E-state index contributed by atoms with van der Waals surface area (Å²) in [6.07, 6.45) is 3.34. The predicted molar refractivity (Wildman–Crippen MR) is 84.0 cm³/mol. The van der Waals surface area contributed by atoms with E-state index in [9.17, 15) is 13.6 Å². The first-order chi connectivity index (χ1) is 11.1. The van der Waals surface area contributed by atoms with Crippen molar-refractivity contribution in [2.45, 2.75) is 6.54 Å². The van der Waals surface area contributed by atoms with Gasteiger partial charge in [-0.1, -0.05) is 12.1 Å². The van der Waals surface area contributed by atoms with Gasteiger partial charge >= 0.3 is 6.03 Å². The number of nitrogens with zero attached hydrogens (tertiary/aromatic N) is 1. The second-order valence-corrected chi connectivity index (χ2v) is 4.99. The van der Waals surface area contributed by atoms with Gasteiger partial charge in [0.25, 0.3) is 0 Å². The lowest BCUT2D eigenvalue weighted by atomic mass is 10.1. The molecule has 3 rings (SSSR count). The molecule has 116 valence electrons. The van der Waals surface area contributed by atoms with Gasteiger partial charge in [-0.2, -0.15) is 0 Å². The van der Waals surface area contributed by atoms with Gasteiger partial charge in [-0.25, -0.2) is 13.6 Å². The van der Waals surface area contributed by atoms with E-state index >= 15 is 0 Å². The maximum absolute atomic E-state index is 13.1. The summed E-state index contributed by atoms with van der Waals surface area (Å²) < 4.78 is 26.2. The molecule has 6 heteroatoms. The van der Waals surface area contributed by atoms with Crippen molar-refractivity contribution in [3.63, 3.8) is 0 Å². The first-order valence-electron chi connectivity index (χ1n) is 6.94. The van der Waals surface area contributed by atoms with Gasteiger partial charge in [-0.05, 0) is 29.8 Å². The number of fused-ring (bicyclic) bond motifs is 1. The van der Waals surface area contributed by atoms with Crippen LogP contribution in [0.25, 0.3) is 10.8 Å². The Labute approximate surface area is 131 Å². The summed E-state index contributed by atoms with van der Waals surface area (Å²) >= 11 is 0. The Kier molecular flexibility index (Phi) is 4.14. The Morgan fingerprint density at radius 1 is 1.09 bits per heavy atom. The topological polar surface area (TPSA) is 54.0 Å². The number of urea groups is 1. The van der Waals surface area contributed by atoms with Gasteiger partial charge in [0.05, 0.1) is 5.69 Å². The summed E-state index contributed by atoms with van der Waals surface area (Å²) in [6, 6.07) is 9.94. The van der Waals surface area contributed by atoms with Crippen molar-refractivity contribution in [2.75, 3.05) is 5.32 Å². The van der Waals surface area contributed by atoms with E-state index in [1.807, 2.05) is 12.1 Å². The zero-order valence-electron chi connectivity index (χ0n) is 12.0. The highest BCUT2D eigenvalue weighted by Gasteiger charge is 2.06. The van der Waals surface area contributed by atoms with Gasteiger partial charge in [-0.15, -0.1) is 0 Å². The van der Waals surface area contributed by atoms with Crippen LogP contribution in [0.1, 0.15) is 5.56 Å². The molecule has 0 saturated carbocycles. The highest BCUT2D eigenvalue weighted by atomic mass is 19.1. The maximum Gasteiger partial charge on any atom is 0.319 e. The molecule has 2 aromatic carbocycles. The van der Waals surface area contributed by atoms with Crippen LogP contribution in [0.15, 0.2) is 54.9 Å². The summed E-state index contributed by atoms with van der Waals surface area (Å²) in [5, 5.41) is 7.04. The molecule has 0 radical (unpaired) electrons. The summed E-state index contributed by atoms with van der Waals surface area (Å²) in [5.74, 6) is -1.35. The largest absolute Gasteiger partial charge is 0.334 e. The fourth-order valence-corrected chi connectivity index (χ4v) is 2.29. The minimum atomic E-state index is -0.677. The monoisotopic (exact) mass is 313 g/mol. The lowest BCUT2D eigenvalue weighted by Gasteiger charge is -2.10. The van der Waals surface area contributed by atoms with Gasteiger partial charge < -0.3 is 10.6 Å². The molecule has 0 spiro atoms. The smallest absolute Gasteiger partial charge is 0.319 e. The number of hydrogen-bond donors (Lipinski definition) is 2. The average molecular weight is 313 g/mol. The average Bonchev–Trinajstić information content (AvgIpc) is 2.52. The van der Waals surface area contributed by atoms with Crippen LogP contribution in [0.2, 0.25) is 0 Å².